The molecule has 1 heterocycles. The van der Waals surface area contributed by atoms with Crippen LogP contribution in [-0.4, -0.2) is 24.1 Å². The Morgan fingerprint density at radius 2 is 1.89 bits per heavy atom. The number of ether oxygens (including phenoxy) is 1. The zero-order valence-corrected chi connectivity index (χ0v) is 11.6. The number of anilines is 1. The molecule has 0 aromatic heterocycles. The molecule has 3 heteroatoms. The van der Waals surface area contributed by atoms with Crippen LogP contribution in [0.1, 0.15) is 38.7 Å². The Kier molecular flexibility index (Phi) is 4.12. The first-order chi connectivity index (χ1) is 8.60. The maximum absolute atomic E-state index is 5.91. The largest absolute Gasteiger partial charge is 0.497 e. The third-order valence-corrected chi connectivity index (χ3v) is 3.97. The molecule has 0 radical (unpaired) electrons. The number of hydrogen-bond donors (Lipinski definition) is 1. The summed E-state index contributed by atoms with van der Waals surface area (Å²) in [6, 6.07) is 7.32. The molecule has 1 aromatic rings. The average molecular weight is 248 g/mol. The summed E-state index contributed by atoms with van der Waals surface area (Å²) in [5.41, 5.74) is 7.93. The van der Waals surface area contributed by atoms with Gasteiger partial charge in [-0.25, -0.2) is 0 Å². The van der Waals surface area contributed by atoms with Gasteiger partial charge in [-0.2, -0.15) is 0 Å². The van der Waals surface area contributed by atoms with Gasteiger partial charge in [0.25, 0.3) is 0 Å². The molecule has 100 valence electrons. The van der Waals surface area contributed by atoms with Gasteiger partial charge in [-0.15, -0.1) is 0 Å². The van der Waals surface area contributed by atoms with Crippen LogP contribution in [0.15, 0.2) is 18.2 Å². The van der Waals surface area contributed by atoms with Gasteiger partial charge < -0.3 is 10.5 Å². The van der Waals surface area contributed by atoms with Crippen molar-refractivity contribution in [1.82, 2.24) is 4.90 Å². The van der Waals surface area contributed by atoms with E-state index in [0.29, 0.717) is 12.1 Å². The van der Waals surface area contributed by atoms with Gasteiger partial charge in [0.2, 0.25) is 0 Å². The van der Waals surface area contributed by atoms with Crippen molar-refractivity contribution in [3.05, 3.63) is 23.8 Å². The molecule has 2 rings (SSSR count). The third-order valence-electron chi connectivity index (χ3n) is 3.97. The molecule has 0 bridgehead atoms. The van der Waals surface area contributed by atoms with Crippen molar-refractivity contribution in [3.63, 3.8) is 0 Å². The van der Waals surface area contributed by atoms with Crippen molar-refractivity contribution < 1.29 is 4.74 Å². The van der Waals surface area contributed by atoms with Crippen molar-refractivity contribution in [2.45, 2.75) is 51.7 Å². The van der Waals surface area contributed by atoms with Gasteiger partial charge in [0.05, 0.1) is 7.11 Å². The fourth-order valence-electron chi connectivity index (χ4n) is 2.89. The Balaban J connectivity index is 2.14. The van der Waals surface area contributed by atoms with Crippen molar-refractivity contribution in [1.29, 1.82) is 0 Å². The highest BCUT2D eigenvalue weighted by Gasteiger charge is 2.24. The van der Waals surface area contributed by atoms with Crippen LogP contribution in [0, 0.1) is 0 Å². The Labute approximate surface area is 110 Å². The monoisotopic (exact) mass is 248 g/mol. The zero-order valence-electron chi connectivity index (χ0n) is 11.6. The molecule has 1 saturated heterocycles. The van der Waals surface area contributed by atoms with Crippen LogP contribution in [-0.2, 0) is 6.54 Å². The molecule has 1 aliphatic heterocycles. The molecule has 1 aromatic carbocycles. The zero-order chi connectivity index (χ0) is 13.1. The molecular weight excluding hydrogens is 224 g/mol. The van der Waals surface area contributed by atoms with Crippen LogP contribution in [0.3, 0.4) is 0 Å². The molecule has 0 amide bonds. The first kappa shape index (κ1) is 13.2. The first-order valence-electron chi connectivity index (χ1n) is 6.79. The van der Waals surface area contributed by atoms with Gasteiger partial charge >= 0.3 is 0 Å². The quantitative estimate of drug-likeness (QED) is 0.836. The molecule has 0 saturated carbocycles. The number of methoxy groups -OCH3 is 1. The van der Waals surface area contributed by atoms with Crippen molar-refractivity contribution in [2.24, 2.45) is 0 Å². The van der Waals surface area contributed by atoms with E-state index in [-0.39, 0.29) is 0 Å². The lowest BCUT2D eigenvalue weighted by Crippen LogP contribution is -2.42. The highest BCUT2D eigenvalue weighted by Crippen LogP contribution is 2.26. The number of nitrogens with zero attached hydrogens (tertiary/aromatic N) is 1. The van der Waals surface area contributed by atoms with E-state index in [4.69, 9.17) is 10.5 Å². The molecule has 0 aliphatic carbocycles. The minimum absolute atomic E-state index is 0.654. The van der Waals surface area contributed by atoms with Gasteiger partial charge in [-0.05, 0) is 44.4 Å². The molecule has 18 heavy (non-hydrogen) atoms. The lowest BCUT2D eigenvalue weighted by molar-refractivity contribution is 0.0952. The molecule has 3 nitrogen and oxygen atoms in total. The third kappa shape index (κ3) is 2.96. The molecule has 0 spiro atoms. The number of likely N-dealkylation sites (tertiary alicyclic amines) is 1. The second-order valence-electron chi connectivity index (χ2n) is 5.42. The predicted octanol–water partition coefficient (Wildman–Crippen LogP) is 3.04. The number of benzene rings is 1. The topological polar surface area (TPSA) is 38.5 Å². The summed E-state index contributed by atoms with van der Waals surface area (Å²) in [7, 11) is 1.69. The summed E-state index contributed by atoms with van der Waals surface area (Å²) in [6.45, 7) is 5.60. The fraction of sp³-hybridized carbons (Fsp3) is 0.600. The molecule has 1 fully saturated rings. The van der Waals surface area contributed by atoms with E-state index in [1.165, 1.54) is 24.8 Å². The number of piperidine rings is 1. The molecule has 2 atom stereocenters. The van der Waals surface area contributed by atoms with Crippen molar-refractivity contribution >= 4 is 5.69 Å². The summed E-state index contributed by atoms with van der Waals surface area (Å²) >= 11 is 0. The summed E-state index contributed by atoms with van der Waals surface area (Å²) in [5, 5.41) is 0. The molecular formula is C15H24N2O. The Bertz CT molecular complexity index is 395. The smallest absolute Gasteiger partial charge is 0.121 e. The van der Waals surface area contributed by atoms with Crippen LogP contribution in [0.4, 0.5) is 5.69 Å². The van der Waals surface area contributed by atoms with E-state index in [0.717, 1.165) is 18.0 Å². The summed E-state index contributed by atoms with van der Waals surface area (Å²) < 4.78 is 5.28. The second kappa shape index (κ2) is 5.61. The predicted molar refractivity (Wildman–Crippen MR) is 75.7 cm³/mol. The first-order valence-corrected chi connectivity index (χ1v) is 6.79. The summed E-state index contributed by atoms with van der Waals surface area (Å²) in [4.78, 5) is 2.57. The van der Waals surface area contributed by atoms with Gasteiger partial charge in [0.15, 0.2) is 0 Å². The van der Waals surface area contributed by atoms with Gasteiger partial charge in [0, 0.05) is 30.4 Å². The maximum atomic E-state index is 5.91. The number of nitrogen functional groups attached to an aromatic ring is 1. The molecule has 2 N–H and O–H groups in total. The van der Waals surface area contributed by atoms with Gasteiger partial charge in [0.1, 0.15) is 5.75 Å². The van der Waals surface area contributed by atoms with Crippen molar-refractivity contribution in [3.8, 4) is 5.75 Å². The van der Waals surface area contributed by atoms with E-state index in [1.807, 2.05) is 6.07 Å². The normalized spacial score (nSPS) is 25.1. The van der Waals surface area contributed by atoms with Crippen LogP contribution in [0.2, 0.25) is 0 Å². The Hall–Kier alpha value is -1.22. The van der Waals surface area contributed by atoms with E-state index < -0.39 is 0 Å². The number of nitrogens with two attached hydrogens (primary N) is 1. The molecule has 1 aliphatic rings. The van der Waals surface area contributed by atoms with Crippen LogP contribution in [0.5, 0.6) is 5.75 Å². The van der Waals surface area contributed by atoms with E-state index in [2.05, 4.69) is 30.9 Å². The molecule has 0 unspecified atom stereocenters. The lowest BCUT2D eigenvalue weighted by Gasteiger charge is -2.39. The van der Waals surface area contributed by atoms with E-state index in [1.54, 1.807) is 7.11 Å². The highest BCUT2D eigenvalue weighted by molar-refractivity contribution is 5.47. The SMILES string of the molecule is COc1cc(N)cc(CN2[C@H](C)CCC[C@@H]2C)c1. The van der Waals surface area contributed by atoms with Crippen molar-refractivity contribution in [2.75, 3.05) is 12.8 Å². The highest BCUT2D eigenvalue weighted by atomic mass is 16.5. The lowest BCUT2D eigenvalue weighted by atomic mass is 9.96. The van der Waals surface area contributed by atoms with Crippen LogP contribution < -0.4 is 10.5 Å². The standard InChI is InChI=1S/C15H24N2O/c1-11-5-4-6-12(2)17(11)10-13-7-14(16)9-15(8-13)18-3/h7-9,11-12H,4-6,10,16H2,1-3H3/t11-,12+. The maximum Gasteiger partial charge on any atom is 0.121 e. The van der Waals surface area contributed by atoms with Crippen LogP contribution >= 0.6 is 0 Å². The number of hydrogen-bond acceptors (Lipinski definition) is 3. The van der Waals surface area contributed by atoms with Gasteiger partial charge in [-0.3, -0.25) is 4.90 Å². The fourth-order valence-corrected chi connectivity index (χ4v) is 2.89. The van der Waals surface area contributed by atoms with Gasteiger partial charge in [-0.1, -0.05) is 6.42 Å². The summed E-state index contributed by atoms with van der Waals surface area (Å²) in [5.74, 6) is 0.849. The Morgan fingerprint density at radius 3 is 2.50 bits per heavy atom. The summed E-state index contributed by atoms with van der Waals surface area (Å²) in [6.07, 6.45) is 3.94. The Morgan fingerprint density at radius 1 is 1.22 bits per heavy atom. The second-order valence-corrected chi connectivity index (χ2v) is 5.42. The minimum atomic E-state index is 0.654. The van der Waals surface area contributed by atoms with E-state index >= 15 is 0 Å². The van der Waals surface area contributed by atoms with Crippen LogP contribution in [0.25, 0.3) is 0 Å². The average Bonchev–Trinajstić information content (AvgIpc) is 2.33. The minimum Gasteiger partial charge on any atom is -0.497 e. The number of rotatable bonds is 3. The van der Waals surface area contributed by atoms with E-state index in [9.17, 15) is 0 Å².